The first-order valence-corrected chi connectivity index (χ1v) is 9.40. The van der Waals surface area contributed by atoms with Gasteiger partial charge in [0.25, 0.3) is 5.91 Å². The van der Waals surface area contributed by atoms with Gasteiger partial charge in [-0.15, -0.1) is 13.2 Å². The molecule has 0 saturated heterocycles. The van der Waals surface area contributed by atoms with E-state index in [-0.39, 0.29) is 17.2 Å². The number of aliphatic hydroxyl groups excluding tert-OH is 2. The maximum Gasteiger partial charge on any atom is 0.573 e. The Morgan fingerprint density at radius 2 is 1.91 bits per heavy atom. The number of amides is 1. The van der Waals surface area contributed by atoms with Crippen LogP contribution in [0.2, 0.25) is 0 Å². The third-order valence-electron chi connectivity index (χ3n) is 4.43. The van der Waals surface area contributed by atoms with E-state index in [2.05, 4.69) is 25.1 Å². The molecule has 3 rings (SSSR count). The molecule has 0 spiro atoms. The van der Waals surface area contributed by atoms with Gasteiger partial charge in [-0.1, -0.05) is 0 Å². The second-order valence-electron chi connectivity index (χ2n) is 6.95. The summed E-state index contributed by atoms with van der Waals surface area (Å²) in [6.45, 7) is 0.978. The number of aromatic nitrogens is 4. The fourth-order valence-corrected chi connectivity index (χ4v) is 2.74. The van der Waals surface area contributed by atoms with Crippen LogP contribution in [0.5, 0.6) is 5.75 Å². The summed E-state index contributed by atoms with van der Waals surface area (Å²) in [5.41, 5.74) is 1.17. The number of hydrogen-bond donors (Lipinski definition) is 3. The van der Waals surface area contributed by atoms with Crippen molar-refractivity contribution >= 4 is 5.91 Å². The van der Waals surface area contributed by atoms with Gasteiger partial charge in [-0.3, -0.25) is 9.48 Å². The number of aryl methyl sites for hydroxylation is 1. The molecule has 0 fully saturated rings. The first kappa shape index (κ1) is 23.2. The number of aliphatic hydroxyl groups is 2. The van der Waals surface area contributed by atoms with Crippen LogP contribution in [0.4, 0.5) is 13.2 Å². The highest BCUT2D eigenvalue weighted by Crippen LogP contribution is 2.27. The smallest absolute Gasteiger partial charge is 0.406 e. The highest BCUT2D eigenvalue weighted by molar-refractivity contribution is 5.94. The molecular weight excluding hydrogens is 431 g/mol. The topological polar surface area (TPSA) is 122 Å². The predicted molar refractivity (Wildman–Crippen MR) is 106 cm³/mol. The van der Waals surface area contributed by atoms with Crippen molar-refractivity contribution in [2.45, 2.75) is 25.4 Å². The molecule has 2 heterocycles. The number of hydrogen-bond acceptors (Lipinski definition) is 7. The summed E-state index contributed by atoms with van der Waals surface area (Å²) in [7, 11) is 1.69. The molecular formula is C20H20F3N5O4. The summed E-state index contributed by atoms with van der Waals surface area (Å²) in [6.07, 6.45) is -2.84. The monoisotopic (exact) mass is 451 g/mol. The second kappa shape index (κ2) is 9.32. The minimum Gasteiger partial charge on any atom is -0.406 e. The molecule has 0 bridgehead atoms. The zero-order chi connectivity index (χ0) is 23.5. The highest BCUT2D eigenvalue weighted by atomic mass is 19.4. The van der Waals surface area contributed by atoms with Crippen LogP contribution in [-0.2, 0) is 7.05 Å². The molecule has 0 aliphatic carbocycles. The van der Waals surface area contributed by atoms with Crippen LogP contribution in [0.1, 0.15) is 17.4 Å². The summed E-state index contributed by atoms with van der Waals surface area (Å²) >= 11 is 0. The van der Waals surface area contributed by atoms with Crippen LogP contribution >= 0.6 is 0 Å². The molecule has 9 nitrogen and oxygen atoms in total. The fraction of sp³-hybridized carbons (Fsp3) is 0.300. The van der Waals surface area contributed by atoms with Crippen molar-refractivity contribution in [3.63, 3.8) is 0 Å². The summed E-state index contributed by atoms with van der Waals surface area (Å²) in [5, 5.41) is 25.3. The third-order valence-corrected chi connectivity index (χ3v) is 4.43. The first-order valence-electron chi connectivity index (χ1n) is 9.40. The van der Waals surface area contributed by atoms with Crippen LogP contribution in [-0.4, -0.2) is 61.0 Å². The fourth-order valence-electron chi connectivity index (χ4n) is 2.74. The molecule has 2 aromatic heterocycles. The molecule has 3 N–H and O–H groups in total. The number of halogens is 3. The first-order chi connectivity index (χ1) is 15.1. The molecule has 0 aliphatic rings. The van der Waals surface area contributed by atoms with Gasteiger partial charge in [-0.05, 0) is 37.3 Å². The average molecular weight is 451 g/mol. The number of alkyl halides is 3. The Balaban J connectivity index is 1.98. The number of rotatable bonds is 7. The predicted octanol–water partition coefficient (Wildman–Crippen LogP) is 1.91. The number of ether oxygens (including phenoxy) is 1. The van der Waals surface area contributed by atoms with E-state index in [0.717, 1.165) is 12.1 Å². The number of nitrogens with one attached hydrogen (secondary N) is 1. The normalized spacial score (nSPS) is 13.5. The van der Waals surface area contributed by atoms with Crippen LogP contribution < -0.4 is 10.1 Å². The lowest BCUT2D eigenvalue weighted by Crippen LogP contribution is -2.43. The molecule has 2 unspecified atom stereocenters. The van der Waals surface area contributed by atoms with Crippen molar-refractivity contribution in [1.29, 1.82) is 0 Å². The van der Waals surface area contributed by atoms with Gasteiger partial charge in [0.05, 0.1) is 36.2 Å². The molecule has 2 atom stereocenters. The largest absolute Gasteiger partial charge is 0.573 e. The molecule has 3 aromatic rings. The molecule has 1 amide bonds. The molecule has 170 valence electrons. The Labute approximate surface area is 180 Å². The van der Waals surface area contributed by atoms with Gasteiger partial charge in [0.15, 0.2) is 5.82 Å². The minimum atomic E-state index is -4.81. The lowest BCUT2D eigenvalue weighted by atomic mass is 10.1. The Hall–Kier alpha value is -3.51. The van der Waals surface area contributed by atoms with Crippen molar-refractivity contribution in [2.75, 3.05) is 6.61 Å². The number of carbonyl (C=O) groups excluding carboxylic acids is 1. The van der Waals surface area contributed by atoms with E-state index in [9.17, 15) is 23.1 Å². The maximum absolute atomic E-state index is 12.7. The molecule has 0 saturated carbocycles. The second-order valence-corrected chi connectivity index (χ2v) is 6.95. The van der Waals surface area contributed by atoms with Gasteiger partial charge in [0.2, 0.25) is 0 Å². The van der Waals surface area contributed by atoms with Gasteiger partial charge >= 0.3 is 6.36 Å². The van der Waals surface area contributed by atoms with E-state index in [1.165, 1.54) is 36.0 Å². The molecule has 1 aromatic carbocycles. The zero-order valence-electron chi connectivity index (χ0n) is 17.0. The number of carbonyl (C=O) groups is 1. The Bertz CT molecular complexity index is 1090. The van der Waals surface area contributed by atoms with E-state index in [1.54, 1.807) is 13.2 Å². The minimum absolute atomic E-state index is 0.0403. The van der Waals surface area contributed by atoms with Crippen LogP contribution in [0.25, 0.3) is 22.6 Å². The maximum atomic E-state index is 12.7. The SMILES string of the molecule is CC(NC(=O)c1cc(-c2ccc(OC(F)(F)F)cc2)nc(-c2cnn(C)c2)n1)C(O)CO. The quantitative estimate of drug-likeness (QED) is 0.502. The summed E-state index contributed by atoms with van der Waals surface area (Å²) in [4.78, 5) is 21.4. The van der Waals surface area contributed by atoms with Gasteiger partial charge in [0.1, 0.15) is 11.4 Å². The molecule has 32 heavy (non-hydrogen) atoms. The van der Waals surface area contributed by atoms with Crippen molar-refractivity contribution < 1.29 is 32.9 Å². The lowest BCUT2D eigenvalue weighted by Gasteiger charge is -2.18. The number of nitrogens with zero attached hydrogens (tertiary/aromatic N) is 4. The van der Waals surface area contributed by atoms with Crippen molar-refractivity contribution in [2.24, 2.45) is 7.05 Å². The van der Waals surface area contributed by atoms with Crippen LogP contribution in [0.3, 0.4) is 0 Å². The number of benzene rings is 1. The standard InChI is InChI=1S/C20H20F3N5O4/c1-11(17(30)10-29)25-19(31)16-7-15(26-18(27-16)13-8-24-28(2)9-13)12-3-5-14(6-4-12)32-20(21,22)23/h3-9,11,17,29-30H,10H2,1-2H3,(H,25,31). The molecule has 0 radical (unpaired) electrons. The summed E-state index contributed by atoms with van der Waals surface area (Å²) < 4.78 is 42.6. The van der Waals surface area contributed by atoms with Crippen LogP contribution in [0.15, 0.2) is 42.7 Å². The average Bonchev–Trinajstić information content (AvgIpc) is 3.18. The van der Waals surface area contributed by atoms with Crippen LogP contribution in [0, 0.1) is 0 Å². The summed E-state index contributed by atoms with van der Waals surface area (Å²) in [6, 6.07) is 5.62. The van der Waals surface area contributed by atoms with Crippen molar-refractivity contribution in [3.05, 3.63) is 48.4 Å². The van der Waals surface area contributed by atoms with E-state index in [4.69, 9.17) is 5.11 Å². The van der Waals surface area contributed by atoms with Gasteiger partial charge in [0, 0.05) is 18.8 Å². The third kappa shape index (κ3) is 5.80. The van der Waals surface area contributed by atoms with Gasteiger partial charge < -0.3 is 20.3 Å². The Morgan fingerprint density at radius 3 is 2.47 bits per heavy atom. The van der Waals surface area contributed by atoms with Gasteiger partial charge in [-0.2, -0.15) is 5.10 Å². The Kier molecular flexibility index (Phi) is 6.75. The molecule has 0 aliphatic heterocycles. The summed E-state index contributed by atoms with van der Waals surface area (Å²) in [5.74, 6) is -0.852. The Morgan fingerprint density at radius 1 is 1.22 bits per heavy atom. The van der Waals surface area contributed by atoms with E-state index < -0.39 is 36.8 Å². The van der Waals surface area contributed by atoms with E-state index >= 15 is 0 Å². The lowest BCUT2D eigenvalue weighted by molar-refractivity contribution is -0.274. The van der Waals surface area contributed by atoms with Gasteiger partial charge in [-0.25, -0.2) is 9.97 Å². The van der Waals surface area contributed by atoms with Crippen molar-refractivity contribution in [1.82, 2.24) is 25.1 Å². The zero-order valence-corrected chi connectivity index (χ0v) is 17.0. The highest BCUT2D eigenvalue weighted by Gasteiger charge is 2.31. The van der Waals surface area contributed by atoms with Crippen molar-refractivity contribution in [3.8, 4) is 28.4 Å². The van der Waals surface area contributed by atoms with E-state index in [0.29, 0.717) is 11.1 Å². The molecule has 12 heteroatoms. The van der Waals surface area contributed by atoms with E-state index in [1.807, 2.05) is 0 Å².